The van der Waals surface area contributed by atoms with Crippen LogP contribution in [0.2, 0.25) is 0 Å². The molecule has 0 aliphatic carbocycles. The van der Waals surface area contributed by atoms with Gasteiger partial charge in [0.15, 0.2) is 0 Å². The number of hydrogen-bond donors (Lipinski definition) is 1. The summed E-state index contributed by atoms with van der Waals surface area (Å²) < 4.78 is 0. The fourth-order valence-electron chi connectivity index (χ4n) is 2.01. The van der Waals surface area contributed by atoms with Gasteiger partial charge in [0.1, 0.15) is 0 Å². The molecule has 1 unspecified atom stereocenters. The average molecular weight is 333 g/mol. The molecule has 0 heterocycles. The molecule has 1 aromatic rings. The van der Waals surface area contributed by atoms with E-state index < -0.39 is 11.9 Å². The van der Waals surface area contributed by atoms with Crippen molar-refractivity contribution in [1.82, 2.24) is 5.32 Å². The number of carbonyl (C=O) groups excluding carboxylic acids is 2. The maximum atomic E-state index is 9.41. The normalized spacial score (nSPS) is 11.6. The van der Waals surface area contributed by atoms with Gasteiger partial charge in [-0.1, -0.05) is 44.0 Å². The number of carbonyl (C=O) groups is 2. The molecule has 5 nitrogen and oxygen atoms in total. The van der Waals surface area contributed by atoms with Crippen molar-refractivity contribution in [2.75, 3.05) is 7.05 Å². The Morgan fingerprint density at radius 2 is 1.54 bits per heavy atom. The molecule has 0 saturated carbocycles. The van der Waals surface area contributed by atoms with E-state index >= 15 is 0 Å². The zero-order chi connectivity index (χ0) is 18.4. The van der Waals surface area contributed by atoms with E-state index in [1.54, 1.807) is 0 Å². The van der Waals surface area contributed by atoms with Crippen molar-refractivity contribution in [3.05, 3.63) is 47.5 Å². The second-order valence-corrected chi connectivity index (χ2v) is 5.64. The summed E-state index contributed by atoms with van der Waals surface area (Å²) in [6.45, 7) is 4.47. The highest BCUT2D eigenvalue weighted by Gasteiger charge is 2.00. The molecule has 0 amide bonds. The summed E-state index contributed by atoms with van der Waals surface area (Å²) in [5.41, 5.74) is 2.91. The molecule has 0 aliphatic heterocycles. The number of benzene rings is 1. The van der Waals surface area contributed by atoms with Gasteiger partial charge in [0, 0.05) is 6.04 Å². The maximum Gasteiger partial charge on any atom is 0.0643 e. The minimum absolute atomic E-state index is 0.384. The molecule has 0 saturated heterocycles. The molecule has 1 rings (SSSR count). The highest BCUT2D eigenvalue weighted by molar-refractivity contribution is 5.87. The highest BCUT2D eigenvalue weighted by atomic mass is 16.4. The summed E-state index contributed by atoms with van der Waals surface area (Å²) >= 11 is 0. The van der Waals surface area contributed by atoms with Crippen LogP contribution >= 0.6 is 0 Å². The van der Waals surface area contributed by atoms with Gasteiger partial charge < -0.3 is 25.1 Å². The minimum atomic E-state index is -1.55. The quantitative estimate of drug-likeness (QED) is 0.528. The van der Waals surface area contributed by atoms with Gasteiger partial charge in [0.25, 0.3) is 0 Å². The van der Waals surface area contributed by atoms with Gasteiger partial charge in [0.05, 0.1) is 11.9 Å². The number of aryl methyl sites for hydroxylation is 1. The van der Waals surface area contributed by atoms with E-state index in [4.69, 9.17) is 0 Å². The van der Waals surface area contributed by atoms with Crippen LogP contribution in [0.5, 0.6) is 0 Å². The third-order valence-electron chi connectivity index (χ3n) is 3.48. The summed E-state index contributed by atoms with van der Waals surface area (Å²) in [6, 6.07) is 9.68. The van der Waals surface area contributed by atoms with Crippen LogP contribution in [-0.4, -0.2) is 25.0 Å². The number of rotatable bonds is 9. The number of nitrogens with one attached hydrogen (secondary N) is 1. The molecular formula is C19H27NO4-2. The van der Waals surface area contributed by atoms with Crippen LogP contribution in [0.1, 0.15) is 44.2 Å². The summed E-state index contributed by atoms with van der Waals surface area (Å²) in [7, 11) is 2.02. The molecule has 0 radical (unpaired) electrons. The van der Waals surface area contributed by atoms with Gasteiger partial charge in [-0.2, -0.15) is 0 Å². The number of aliphatic carboxylic acids is 2. The molecule has 0 spiro atoms. The minimum Gasteiger partial charge on any atom is -0.545 e. The summed E-state index contributed by atoms with van der Waals surface area (Å²) in [5, 5.41) is 22.1. The van der Waals surface area contributed by atoms with Crippen LogP contribution < -0.4 is 15.5 Å². The standard InChI is InChI=1S/C15H25N.C4H4O4/c1-4-5-6-7-14-8-10-15(11-9-14)12-13(2)16-3;5-3(6)1-2-4(7)8/h8-11,13,16H,4-7,12H2,1-3H3;1-2H,(H,5,6)(H,7,8)/p-2/b;2-1-. The lowest BCUT2D eigenvalue weighted by molar-refractivity contribution is -0.301. The fourth-order valence-corrected chi connectivity index (χ4v) is 2.01. The SMILES string of the molecule is CCCCCc1ccc(CC(C)NC)cc1.O=C([O-])/C=C\C(=O)[O-]. The monoisotopic (exact) mass is 333 g/mol. The van der Waals surface area contributed by atoms with Crippen LogP contribution in [0.15, 0.2) is 36.4 Å². The van der Waals surface area contributed by atoms with Gasteiger partial charge in [-0.3, -0.25) is 0 Å². The van der Waals surface area contributed by atoms with E-state index in [1.165, 1.54) is 36.8 Å². The lowest BCUT2D eigenvalue weighted by atomic mass is 10.0. The topological polar surface area (TPSA) is 92.3 Å². The van der Waals surface area contributed by atoms with Gasteiger partial charge in [-0.25, -0.2) is 0 Å². The Bertz CT molecular complexity index is 493. The maximum absolute atomic E-state index is 9.41. The van der Waals surface area contributed by atoms with Gasteiger partial charge in [-0.15, -0.1) is 0 Å². The summed E-state index contributed by atoms with van der Waals surface area (Å²) in [6.07, 6.45) is 7.09. The van der Waals surface area contributed by atoms with Crippen LogP contribution in [0.4, 0.5) is 0 Å². The molecule has 24 heavy (non-hydrogen) atoms. The Hall–Kier alpha value is -2.14. The zero-order valence-corrected chi connectivity index (χ0v) is 14.7. The van der Waals surface area contributed by atoms with E-state index in [0.29, 0.717) is 18.2 Å². The Morgan fingerprint density at radius 1 is 1.04 bits per heavy atom. The summed E-state index contributed by atoms with van der Waals surface area (Å²) in [4.78, 5) is 18.8. The number of carboxylic acid groups (broad SMARTS) is 2. The lowest BCUT2D eigenvalue weighted by Gasteiger charge is -2.10. The highest BCUT2D eigenvalue weighted by Crippen LogP contribution is 2.10. The van der Waals surface area contributed by atoms with Crippen molar-refractivity contribution in [3.63, 3.8) is 0 Å². The molecule has 134 valence electrons. The molecule has 0 aromatic heterocycles. The molecule has 0 aliphatic rings. The molecule has 1 N–H and O–H groups in total. The van der Waals surface area contributed by atoms with Crippen LogP contribution in [0.25, 0.3) is 0 Å². The van der Waals surface area contributed by atoms with E-state index in [0.717, 1.165) is 6.42 Å². The predicted molar refractivity (Wildman–Crippen MR) is 91.1 cm³/mol. The molecule has 0 bridgehead atoms. The molecule has 1 aromatic carbocycles. The van der Waals surface area contributed by atoms with E-state index in [9.17, 15) is 19.8 Å². The number of likely N-dealkylation sites (N-methyl/N-ethyl adjacent to an activating group) is 1. The first-order valence-corrected chi connectivity index (χ1v) is 8.24. The van der Waals surface area contributed by atoms with Gasteiger partial charge in [-0.05, 0) is 56.5 Å². The first kappa shape index (κ1) is 21.9. The second kappa shape index (κ2) is 13.3. The van der Waals surface area contributed by atoms with Gasteiger partial charge >= 0.3 is 0 Å². The van der Waals surface area contributed by atoms with E-state index in [2.05, 4.69) is 43.4 Å². The summed E-state index contributed by atoms with van der Waals surface area (Å²) in [5.74, 6) is -3.09. The number of carboxylic acids is 2. The van der Waals surface area contributed by atoms with Crippen molar-refractivity contribution in [2.45, 2.75) is 52.0 Å². The largest absolute Gasteiger partial charge is 0.545 e. The third-order valence-corrected chi connectivity index (χ3v) is 3.48. The number of unbranched alkanes of at least 4 members (excludes halogenated alkanes) is 2. The van der Waals surface area contributed by atoms with E-state index in [-0.39, 0.29) is 0 Å². The lowest BCUT2D eigenvalue weighted by Crippen LogP contribution is -2.23. The van der Waals surface area contributed by atoms with Crippen molar-refractivity contribution in [2.24, 2.45) is 0 Å². The molecule has 0 fully saturated rings. The van der Waals surface area contributed by atoms with Crippen molar-refractivity contribution < 1.29 is 19.8 Å². The van der Waals surface area contributed by atoms with E-state index in [1.807, 2.05) is 7.05 Å². The predicted octanol–water partition coefficient (Wildman–Crippen LogP) is 0.612. The van der Waals surface area contributed by atoms with Crippen molar-refractivity contribution >= 4 is 11.9 Å². The van der Waals surface area contributed by atoms with Gasteiger partial charge in [0.2, 0.25) is 0 Å². The number of hydrogen-bond acceptors (Lipinski definition) is 5. The smallest absolute Gasteiger partial charge is 0.0643 e. The Morgan fingerprint density at radius 3 is 1.96 bits per heavy atom. The van der Waals surface area contributed by atoms with Crippen molar-refractivity contribution in [1.29, 1.82) is 0 Å². The molecule has 5 heteroatoms. The Balaban J connectivity index is 0.000000561. The second-order valence-electron chi connectivity index (χ2n) is 5.64. The van der Waals surface area contributed by atoms with Crippen molar-refractivity contribution in [3.8, 4) is 0 Å². The molecule has 1 atom stereocenters. The Labute approximate surface area is 144 Å². The molecular weight excluding hydrogens is 306 g/mol. The van der Waals surface area contributed by atoms with Crippen LogP contribution in [0, 0.1) is 0 Å². The van der Waals surface area contributed by atoms with Crippen LogP contribution in [0.3, 0.4) is 0 Å². The first-order valence-electron chi connectivity index (χ1n) is 8.24. The zero-order valence-electron chi connectivity index (χ0n) is 14.7. The van der Waals surface area contributed by atoms with Crippen LogP contribution in [-0.2, 0) is 22.4 Å². The average Bonchev–Trinajstić information content (AvgIpc) is 2.55. The fraction of sp³-hybridized carbons (Fsp3) is 0.474. The third kappa shape index (κ3) is 12.4. The first-order chi connectivity index (χ1) is 11.4. The Kier molecular flexibility index (Phi) is 12.1.